The van der Waals surface area contributed by atoms with Gasteiger partial charge in [0.2, 0.25) is 0 Å². The normalized spacial score (nSPS) is 10.7. The molecule has 0 bridgehead atoms. The molecule has 0 aliphatic rings. The Hall–Kier alpha value is -1.55. The molecule has 112 valence electrons. The van der Waals surface area contributed by atoms with Gasteiger partial charge >= 0.3 is 0 Å². The predicted octanol–water partition coefficient (Wildman–Crippen LogP) is 2.21. The van der Waals surface area contributed by atoms with Crippen LogP contribution in [-0.2, 0) is 0 Å². The Morgan fingerprint density at radius 2 is 1.70 bits per heavy atom. The van der Waals surface area contributed by atoms with Crippen LogP contribution in [0, 0.1) is 0 Å². The molecule has 0 unspecified atom stereocenters. The molecule has 0 heterocycles. The van der Waals surface area contributed by atoms with Crippen molar-refractivity contribution in [2.75, 3.05) is 45.2 Å². The average molecular weight is 277 g/mol. The number of nitrogens with one attached hydrogen (secondary N) is 1. The van der Waals surface area contributed by atoms with Gasteiger partial charge in [-0.2, -0.15) is 0 Å². The van der Waals surface area contributed by atoms with E-state index in [1.807, 2.05) is 43.3 Å². The van der Waals surface area contributed by atoms with E-state index in [-0.39, 0.29) is 5.91 Å². The van der Waals surface area contributed by atoms with E-state index in [0.29, 0.717) is 0 Å². The van der Waals surface area contributed by atoms with Crippen molar-refractivity contribution in [3.05, 3.63) is 29.8 Å². The van der Waals surface area contributed by atoms with Gasteiger partial charge in [0.1, 0.15) is 0 Å². The van der Waals surface area contributed by atoms with Crippen LogP contribution in [-0.4, -0.2) is 51.1 Å². The van der Waals surface area contributed by atoms with Crippen molar-refractivity contribution in [1.29, 1.82) is 0 Å². The highest BCUT2D eigenvalue weighted by Gasteiger charge is 2.05. The van der Waals surface area contributed by atoms with Gasteiger partial charge in [-0.3, -0.25) is 4.79 Å². The third-order valence-corrected chi connectivity index (χ3v) is 3.48. The first-order valence-corrected chi connectivity index (χ1v) is 7.36. The maximum absolute atomic E-state index is 12.0. The van der Waals surface area contributed by atoms with Gasteiger partial charge in [0.05, 0.1) is 0 Å². The fourth-order valence-electron chi connectivity index (χ4n) is 2.06. The van der Waals surface area contributed by atoms with Crippen LogP contribution in [0.4, 0.5) is 5.69 Å². The summed E-state index contributed by atoms with van der Waals surface area (Å²) >= 11 is 0. The van der Waals surface area contributed by atoms with Gasteiger partial charge in [-0.1, -0.05) is 13.8 Å². The SMILES string of the molecule is CCN(CC)CCCNC(=O)c1ccc(N(C)C)cc1. The third kappa shape index (κ3) is 5.21. The van der Waals surface area contributed by atoms with Crippen LogP contribution in [0.5, 0.6) is 0 Å². The summed E-state index contributed by atoms with van der Waals surface area (Å²) in [4.78, 5) is 16.4. The topological polar surface area (TPSA) is 35.6 Å². The van der Waals surface area contributed by atoms with E-state index in [2.05, 4.69) is 24.1 Å². The molecule has 4 nitrogen and oxygen atoms in total. The highest BCUT2D eigenvalue weighted by molar-refractivity contribution is 5.94. The van der Waals surface area contributed by atoms with Crippen molar-refractivity contribution in [2.45, 2.75) is 20.3 Å². The molecule has 0 saturated heterocycles. The second-order valence-corrected chi connectivity index (χ2v) is 5.08. The summed E-state index contributed by atoms with van der Waals surface area (Å²) < 4.78 is 0. The number of amides is 1. The molecule has 4 heteroatoms. The van der Waals surface area contributed by atoms with E-state index in [0.717, 1.165) is 43.9 Å². The zero-order valence-electron chi connectivity index (χ0n) is 13.1. The summed E-state index contributed by atoms with van der Waals surface area (Å²) in [5, 5.41) is 2.97. The summed E-state index contributed by atoms with van der Waals surface area (Å²) in [6.45, 7) is 8.22. The lowest BCUT2D eigenvalue weighted by molar-refractivity contribution is 0.0952. The lowest BCUT2D eigenvalue weighted by atomic mass is 10.2. The van der Waals surface area contributed by atoms with Crippen LogP contribution in [0.15, 0.2) is 24.3 Å². The van der Waals surface area contributed by atoms with Gasteiger partial charge in [-0.05, 0) is 50.3 Å². The van der Waals surface area contributed by atoms with Crippen molar-refractivity contribution < 1.29 is 4.79 Å². The largest absolute Gasteiger partial charge is 0.378 e. The monoisotopic (exact) mass is 277 g/mol. The number of hydrogen-bond donors (Lipinski definition) is 1. The smallest absolute Gasteiger partial charge is 0.251 e. The van der Waals surface area contributed by atoms with Gasteiger partial charge in [-0.15, -0.1) is 0 Å². The molecule has 0 radical (unpaired) electrons. The second kappa shape index (κ2) is 8.59. The van der Waals surface area contributed by atoms with Crippen LogP contribution in [0.2, 0.25) is 0 Å². The Balaban J connectivity index is 2.35. The minimum atomic E-state index is 0.00912. The fraction of sp³-hybridized carbons (Fsp3) is 0.562. The number of benzene rings is 1. The molecule has 0 aliphatic heterocycles. The van der Waals surface area contributed by atoms with Gasteiger partial charge < -0.3 is 15.1 Å². The molecule has 1 aromatic carbocycles. The van der Waals surface area contributed by atoms with E-state index in [9.17, 15) is 4.79 Å². The number of carbonyl (C=O) groups excluding carboxylic acids is 1. The Labute approximate surface area is 122 Å². The minimum absolute atomic E-state index is 0.00912. The highest BCUT2D eigenvalue weighted by Crippen LogP contribution is 2.11. The lowest BCUT2D eigenvalue weighted by Crippen LogP contribution is -2.29. The number of anilines is 1. The standard InChI is InChI=1S/C16H27N3O/c1-5-19(6-2)13-7-12-17-16(20)14-8-10-15(11-9-14)18(3)4/h8-11H,5-7,12-13H2,1-4H3,(H,17,20). The van der Waals surface area contributed by atoms with Crippen molar-refractivity contribution in [3.8, 4) is 0 Å². The van der Waals surface area contributed by atoms with Crippen LogP contribution in [0.3, 0.4) is 0 Å². The first-order chi connectivity index (χ1) is 9.58. The van der Waals surface area contributed by atoms with Crippen molar-refractivity contribution in [1.82, 2.24) is 10.2 Å². The predicted molar refractivity (Wildman–Crippen MR) is 85.5 cm³/mol. The number of carbonyl (C=O) groups is 1. The third-order valence-electron chi connectivity index (χ3n) is 3.48. The number of rotatable bonds is 8. The second-order valence-electron chi connectivity index (χ2n) is 5.08. The van der Waals surface area contributed by atoms with Crippen LogP contribution in [0.25, 0.3) is 0 Å². The molecule has 0 saturated carbocycles. The van der Waals surface area contributed by atoms with Gasteiger partial charge in [0, 0.05) is 31.9 Å². The van der Waals surface area contributed by atoms with Gasteiger partial charge in [-0.25, -0.2) is 0 Å². The van der Waals surface area contributed by atoms with Crippen LogP contribution in [0.1, 0.15) is 30.6 Å². The van der Waals surface area contributed by atoms with Crippen molar-refractivity contribution in [2.24, 2.45) is 0 Å². The molecular formula is C16H27N3O. The Bertz CT molecular complexity index is 397. The average Bonchev–Trinajstić information content (AvgIpc) is 2.47. The molecule has 0 aliphatic carbocycles. The maximum atomic E-state index is 12.0. The van der Waals surface area contributed by atoms with E-state index >= 15 is 0 Å². The fourth-order valence-corrected chi connectivity index (χ4v) is 2.06. The molecule has 1 aromatic rings. The summed E-state index contributed by atoms with van der Waals surface area (Å²) in [5.41, 5.74) is 1.82. The molecule has 1 N–H and O–H groups in total. The summed E-state index contributed by atoms with van der Waals surface area (Å²) in [6, 6.07) is 7.67. The minimum Gasteiger partial charge on any atom is -0.378 e. The molecular weight excluding hydrogens is 250 g/mol. The number of nitrogens with zero attached hydrogens (tertiary/aromatic N) is 2. The van der Waals surface area contributed by atoms with E-state index in [1.165, 1.54) is 0 Å². The Morgan fingerprint density at radius 3 is 2.20 bits per heavy atom. The first-order valence-electron chi connectivity index (χ1n) is 7.36. The number of hydrogen-bond acceptors (Lipinski definition) is 3. The van der Waals surface area contributed by atoms with Crippen molar-refractivity contribution >= 4 is 11.6 Å². The zero-order valence-corrected chi connectivity index (χ0v) is 13.1. The molecule has 0 spiro atoms. The molecule has 0 atom stereocenters. The highest BCUT2D eigenvalue weighted by atomic mass is 16.1. The van der Waals surface area contributed by atoms with Crippen LogP contribution >= 0.6 is 0 Å². The summed E-state index contributed by atoms with van der Waals surface area (Å²) in [6.07, 6.45) is 0.989. The first kappa shape index (κ1) is 16.5. The quantitative estimate of drug-likeness (QED) is 0.740. The Kier molecular flexibility index (Phi) is 7.09. The van der Waals surface area contributed by atoms with E-state index in [1.54, 1.807) is 0 Å². The zero-order chi connectivity index (χ0) is 15.0. The van der Waals surface area contributed by atoms with E-state index < -0.39 is 0 Å². The molecule has 0 fully saturated rings. The molecule has 20 heavy (non-hydrogen) atoms. The van der Waals surface area contributed by atoms with Crippen LogP contribution < -0.4 is 10.2 Å². The van der Waals surface area contributed by atoms with Gasteiger partial charge in [0.15, 0.2) is 0 Å². The summed E-state index contributed by atoms with van der Waals surface area (Å²) in [5.74, 6) is 0.00912. The molecule has 1 amide bonds. The lowest BCUT2D eigenvalue weighted by Gasteiger charge is -2.17. The van der Waals surface area contributed by atoms with Crippen molar-refractivity contribution in [3.63, 3.8) is 0 Å². The Morgan fingerprint density at radius 1 is 1.10 bits per heavy atom. The molecule has 0 aromatic heterocycles. The van der Waals surface area contributed by atoms with E-state index in [4.69, 9.17) is 0 Å². The molecule has 1 rings (SSSR count). The summed E-state index contributed by atoms with van der Waals surface area (Å²) in [7, 11) is 3.98. The maximum Gasteiger partial charge on any atom is 0.251 e. The van der Waals surface area contributed by atoms with Gasteiger partial charge in [0.25, 0.3) is 5.91 Å².